The van der Waals surface area contributed by atoms with Gasteiger partial charge in [0.2, 0.25) is 15.9 Å². The van der Waals surface area contributed by atoms with Crippen molar-refractivity contribution in [1.29, 1.82) is 0 Å². The molecule has 3 aromatic rings. The highest BCUT2D eigenvalue weighted by Gasteiger charge is 2.31. The van der Waals surface area contributed by atoms with E-state index in [9.17, 15) is 13.2 Å². The van der Waals surface area contributed by atoms with Crippen molar-refractivity contribution in [1.82, 2.24) is 9.62 Å². The molecule has 0 spiro atoms. The third-order valence-electron chi connectivity index (χ3n) is 5.80. The van der Waals surface area contributed by atoms with Crippen LogP contribution in [-0.4, -0.2) is 44.9 Å². The van der Waals surface area contributed by atoms with Crippen LogP contribution < -0.4 is 10.1 Å². The van der Waals surface area contributed by atoms with Crippen LogP contribution in [0.4, 0.5) is 0 Å². The summed E-state index contributed by atoms with van der Waals surface area (Å²) in [5, 5.41) is 5.19. The van der Waals surface area contributed by atoms with Crippen molar-refractivity contribution in [3.63, 3.8) is 0 Å². The number of hydrogen-bond donors (Lipinski definition) is 1. The fourth-order valence-electron chi connectivity index (χ4n) is 4.02. The predicted octanol–water partition coefficient (Wildman–Crippen LogP) is 3.58. The minimum atomic E-state index is -3.37. The number of benzene rings is 3. The van der Waals surface area contributed by atoms with Gasteiger partial charge in [0, 0.05) is 19.0 Å². The quantitative estimate of drug-likeness (QED) is 0.530. The first-order chi connectivity index (χ1) is 15.5. The maximum Gasteiger partial charge on any atom is 0.223 e. The molecule has 0 unspecified atom stereocenters. The van der Waals surface area contributed by atoms with Crippen molar-refractivity contribution in [3.8, 4) is 5.75 Å². The molecule has 1 amide bonds. The number of piperidine rings is 1. The molecule has 1 fully saturated rings. The number of amides is 1. The number of sulfonamides is 1. The summed E-state index contributed by atoms with van der Waals surface area (Å²) in [5.74, 6) is 0.567. The molecule has 0 aliphatic carbocycles. The lowest BCUT2D eigenvalue weighted by Gasteiger charge is -2.30. The van der Waals surface area contributed by atoms with E-state index in [1.807, 2.05) is 66.7 Å². The molecule has 7 heteroatoms. The lowest BCUT2D eigenvalue weighted by atomic mass is 9.97. The van der Waals surface area contributed by atoms with Gasteiger partial charge < -0.3 is 10.1 Å². The van der Waals surface area contributed by atoms with Gasteiger partial charge >= 0.3 is 0 Å². The number of rotatable bonds is 8. The largest absolute Gasteiger partial charge is 0.492 e. The first-order valence-electron chi connectivity index (χ1n) is 10.9. The number of ether oxygens (including phenoxy) is 1. The zero-order chi connectivity index (χ0) is 22.4. The Morgan fingerprint density at radius 2 is 1.62 bits per heavy atom. The van der Waals surface area contributed by atoms with Crippen LogP contribution in [0.25, 0.3) is 10.8 Å². The maximum atomic E-state index is 12.7. The lowest BCUT2D eigenvalue weighted by molar-refractivity contribution is -0.126. The molecule has 1 heterocycles. The summed E-state index contributed by atoms with van der Waals surface area (Å²) in [6.45, 7) is 1.55. The number of carbonyl (C=O) groups excluding carboxylic acids is 1. The Morgan fingerprint density at radius 3 is 2.38 bits per heavy atom. The van der Waals surface area contributed by atoms with Crippen molar-refractivity contribution in [2.75, 3.05) is 26.2 Å². The molecule has 0 aromatic heterocycles. The molecule has 0 saturated carbocycles. The first kappa shape index (κ1) is 22.3. The Bertz CT molecular complexity index is 1160. The van der Waals surface area contributed by atoms with Gasteiger partial charge in [-0.1, -0.05) is 60.7 Å². The zero-order valence-electron chi connectivity index (χ0n) is 17.9. The first-order valence-corrected chi connectivity index (χ1v) is 12.5. The molecule has 6 nitrogen and oxygen atoms in total. The highest BCUT2D eigenvalue weighted by Crippen LogP contribution is 2.22. The van der Waals surface area contributed by atoms with Crippen molar-refractivity contribution in [3.05, 3.63) is 78.4 Å². The molecule has 4 rings (SSSR count). The van der Waals surface area contributed by atoms with Crippen LogP contribution in [-0.2, 0) is 20.6 Å². The number of carbonyl (C=O) groups is 1. The molecule has 0 bridgehead atoms. The van der Waals surface area contributed by atoms with Crippen molar-refractivity contribution >= 4 is 26.7 Å². The monoisotopic (exact) mass is 452 g/mol. The van der Waals surface area contributed by atoms with Crippen molar-refractivity contribution in [2.24, 2.45) is 5.92 Å². The summed E-state index contributed by atoms with van der Waals surface area (Å²) in [7, 11) is -3.37. The number of fused-ring (bicyclic) bond motifs is 1. The summed E-state index contributed by atoms with van der Waals surface area (Å²) in [6.07, 6.45) is 1.07. The smallest absolute Gasteiger partial charge is 0.223 e. The molecule has 32 heavy (non-hydrogen) atoms. The third kappa shape index (κ3) is 5.66. The minimum Gasteiger partial charge on any atom is -0.492 e. The lowest BCUT2D eigenvalue weighted by Crippen LogP contribution is -2.43. The van der Waals surface area contributed by atoms with E-state index < -0.39 is 10.0 Å². The highest BCUT2D eigenvalue weighted by atomic mass is 32.2. The summed E-state index contributed by atoms with van der Waals surface area (Å²) >= 11 is 0. The fourth-order valence-corrected chi connectivity index (χ4v) is 5.58. The van der Waals surface area contributed by atoms with Crippen LogP contribution in [0.15, 0.2) is 72.8 Å². The normalized spacial score (nSPS) is 15.5. The topological polar surface area (TPSA) is 75.7 Å². The Morgan fingerprint density at radius 1 is 0.938 bits per heavy atom. The maximum absolute atomic E-state index is 12.7. The van der Waals surface area contributed by atoms with Crippen molar-refractivity contribution < 1.29 is 17.9 Å². The standard InChI is InChI=1S/C25H28N2O4S/c28-25(26-14-17-31-24-11-10-21-8-4-5-9-23(21)18-24)22-12-15-27(16-13-22)32(29,30)19-20-6-2-1-3-7-20/h1-11,18,22H,12-17,19H2,(H,26,28). The summed E-state index contributed by atoms with van der Waals surface area (Å²) in [6, 6.07) is 23.2. The molecular formula is C25H28N2O4S. The van der Waals surface area contributed by atoms with Crippen LogP contribution in [0.5, 0.6) is 5.75 Å². The van der Waals surface area contributed by atoms with Gasteiger partial charge in [-0.15, -0.1) is 0 Å². The SMILES string of the molecule is O=C(NCCOc1ccc2ccccc2c1)C1CCN(S(=O)(=O)Cc2ccccc2)CC1. The van der Waals surface area contributed by atoms with E-state index in [0.29, 0.717) is 39.1 Å². The van der Waals surface area contributed by atoms with E-state index in [2.05, 4.69) is 11.4 Å². The van der Waals surface area contributed by atoms with Crippen LogP contribution >= 0.6 is 0 Å². The van der Waals surface area contributed by atoms with Gasteiger partial charge in [-0.25, -0.2) is 12.7 Å². The summed E-state index contributed by atoms with van der Waals surface area (Å²) in [5.41, 5.74) is 0.777. The second-order valence-electron chi connectivity index (χ2n) is 8.06. The van der Waals surface area contributed by atoms with E-state index in [1.54, 1.807) is 0 Å². The number of nitrogens with zero attached hydrogens (tertiary/aromatic N) is 1. The second-order valence-corrected chi connectivity index (χ2v) is 10.0. The average molecular weight is 453 g/mol. The molecule has 0 radical (unpaired) electrons. The van der Waals surface area contributed by atoms with Crippen molar-refractivity contribution in [2.45, 2.75) is 18.6 Å². The van der Waals surface area contributed by atoms with Gasteiger partial charge in [0.1, 0.15) is 12.4 Å². The van der Waals surface area contributed by atoms with Crippen LogP contribution in [0, 0.1) is 5.92 Å². The third-order valence-corrected chi connectivity index (χ3v) is 7.65. The summed E-state index contributed by atoms with van der Waals surface area (Å²) < 4.78 is 32.6. The van der Waals surface area contributed by atoms with E-state index in [-0.39, 0.29) is 17.6 Å². The molecule has 1 saturated heterocycles. The minimum absolute atomic E-state index is 0.00316. The molecule has 1 aliphatic rings. The van der Waals surface area contributed by atoms with E-state index >= 15 is 0 Å². The molecule has 168 valence electrons. The molecule has 1 N–H and O–H groups in total. The Balaban J connectivity index is 1.19. The van der Waals surface area contributed by atoms with Gasteiger partial charge in [-0.2, -0.15) is 0 Å². The average Bonchev–Trinajstić information content (AvgIpc) is 2.82. The predicted molar refractivity (Wildman–Crippen MR) is 126 cm³/mol. The Kier molecular flexibility index (Phi) is 7.07. The Labute approximate surface area is 189 Å². The zero-order valence-corrected chi connectivity index (χ0v) is 18.8. The van der Waals surface area contributed by atoms with Crippen LogP contribution in [0.2, 0.25) is 0 Å². The number of nitrogens with one attached hydrogen (secondary N) is 1. The fraction of sp³-hybridized carbons (Fsp3) is 0.320. The van der Waals surface area contributed by atoms with E-state index in [0.717, 1.165) is 22.1 Å². The highest BCUT2D eigenvalue weighted by molar-refractivity contribution is 7.88. The van der Waals surface area contributed by atoms with E-state index in [4.69, 9.17) is 4.74 Å². The molecule has 1 aliphatic heterocycles. The van der Waals surface area contributed by atoms with Crippen LogP contribution in [0.1, 0.15) is 18.4 Å². The molecular weight excluding hydrogens is 424 g/mol. The van der Waals surface area contributed by atoms with Crippen LogP contribution in [0.3, 0.4) is 0 Å². The molecule has 3 aromatic carbocycles. The van der Waals surface area contributed by atoms with E-state index in [1.165, 1.54) is 4.31 Å². The van der Waals surface area contributed by atoms with Gasteiger partial charge in [-0.05, 0) is 41.3 Å². The van der Waals surface area contributed by atoms with Gasteiger partial charge in [0.05, 0.1) is 12.3 Å². The second kappa shape index (κ2) is 10.1. The Hall–Kier alpha value is -2.90. The van der Waals surface area contributed by atoms with Gasteiger partial charge in [0.25, 0.3) is 0 Å². The number of hydrogen-bond acceptors (Lipinski definition) is 4. The van der Waals surface area contributed by atoms with Gasteiger partial charge in [-0.3, -0.25) is 4.79 Å². The molecule has 0 atom stereocenters. The van der Waals surface area contributed by atoms with Gasteiger partial charge in [0.15, 0.2) is 0 Å². The summed E-state index contributed by atoms with van der Waals surface area (Å²) in [4.78, 5) is 12.5.